The number of fused-ring (bicyclic) bond motifs is 1. The van der Waals surface area contributed by atoms with E-state index in [2.05, 4.69) is 9.73 Å². The maximum absolute atomic E-state index is 13.1. The fourth-order valence-electron chi connectivity index (χ4n) is 6.61. The van der Waals surface area contributed by atoms with E-state index in [9.17, 15) is 37.1 Å². The lowest BCUT2D eigenvalue weighted by Gasteiger charge is -2.11. The number of ether oxygens (including phenoxy) is 3. The van der Waals surface area contributed by atoms with Crippen molar-refractivity contribution in [2.45, 2.75) is 53.1 Å². The third-order valence-electron chi connectivity index (χ3n) is 9.86. The summed E-state index contributed by atoms with van der Waals surface area (Å²) in [6.07, 6.45) is -4.25. The smallest absolute Gasteiger partial charge is 0.497 e. The van der Waals surface area contributed by atoms with Crippen LogP contribution in [0.3, 0.4) is 0 Å². The number of carboxylic acids is 1. The van der Waals surface area contributed by atoms with Gasteiger partial charge in [0.05, 0.1) is 39.3 Å². The topological polar surface area (TPSA) is 217 Å². The van der Waals surface area contributed by atoms with Gasteiger partial charge in [0, 0.05) is 32.6 Å². The van der Waals surface area contributed by atoms with Crippen LogP contribution in [0.15, 0.2) is 121 Å². The van der Waals surface area contributed by atoms with Crippen molar-refractivity contribution in [2.24, 2.45) is 19.1 Å². The van der Waals surface area contributed by atoms with Crippen molar-refractivity contribution in [3.8, 4) is 17.2 Å². The summed E-state index contributed by atoms with van der Waals surface area (Å²) in [4.78, 5) is 64.7. The Morgan fingerprint density at radius 3 is 1.77 bits per heavy atom. The zero-order valence-electron chi connectivity index (χ0n) is 35.5. The highest BCUT2D eigenvalue weighted by molar-refractivity contribution is 5.94. The highest BCUT2D eigenvalue weighted by Crippen LogP contribution is 2.27. The molecule has 7 rings (SSSR count). The predicted molar refractivity (Wildman–Crippen MR) is 242 cm³/mol. The normalized spacial score (nSPS) is 11.4. The molecule has 344 valence electrons. The number of nitrogens with two attached hydrogens (primary N) is 2. The van der Waals surface area contributed by atoms with Gasteiger partial charge >= 0.3 is 23.7 Å². The van der Waals surface area contributed by atoms with Crippen molar-refractivity contribution in [3.05, 3.63) is 172 Å². The van der Waals surface area contributed by atoms with Gasteiger partial charge in [0.1, 0.15) is 34.6 Å². The summed E-state index contributed by atoms with van der Waals surface area (Å²) >= 11 is 0. The number of methoxy groups -OCH3 is 2. The Morgan fingerprint density at radius 1 is 0.723 bits per heavy atom. The minimum atomic E-state index is -4.78. The number of aryl methyl sites for hydroxylation is 1. The van der Waals surface area contributed by atoms with Gasteiger partial charge in [-0.15, -0.1) is 13.2 Å². The van der Waals surface area contributed by atoms with E-state index >= 15 is 0 Å². The van der Waals surface area contributed by atoms with Crippen molar-refractivity contribution in [2.75, 3.05) is 25.7 Å². The first kappa shape index (κ1) is 49.8. The molecular weight excluding hydrogens is 852 g/mol. The molecule has 0 bridgehead atoms. The molecule has 0 saturated carbocycles. The number of halogens is 3. The number of nitrogen functional groups attached to an aromatic ring is 2. The number of hydrogen-bond donors (Lipinski definition) is 3. The van der Waals surface area contributed by atoms with Gasteiger partial charge in [-0.3, -0.25) is 32.7 Å². The van der Waals surface area contributed by atoms with E-state index in [1.165, 1.54) is 36.9 Å². The molecule has 6 aromatic rings. The quantitative estimate of drug-likeness (QED) is 0.150. The Bertz CT molecular complexity index is 2880. The molecule has 4 aromatic carbocycles. The van der Waals surface area contributed by atoms with E-state index < -0.39 is 34.8 Å². The number of anilines is 2. The van der Waals surface area contributed by atoms with Crippen molar-refractivity contribution >= 4 is 29.0 Å². The third kappa shape index (κ3) is 12.9. The standard InChI is InChI=1S/C23H20F3N3O4.C13H16N4O3.C9H10O2.CH4/c1-28-20-19(21(30)29(22(28)31)13-14-6-8-17(32-2)9-7-14)12-16(27-20)10-15-4-3-5-18(11-15)33-23(24,25)26;1-16-11(15)10(14)12(18)17(13(16)19)7-8-3-5-9(20-2)6-4-8;1-7-3-2-4-8(5-7)6-9(10)11;/h3-9,11H,10,12-13H2,1-2H3;3-6H,7,14-15H2,1-2H3;2-5H,6H2,1H3,(H,10,11);1H4. The molecule has 0 atom stereocenters. The predicted octanol–water partition coefficient (Wildman–Crippen LogP) is 5.40. The summed E-state index contributed by atoms with van der Waals surface area (Å²) in [5.74, 6) is 0.502. The SMILES string of the molecule is C.COc1ccc(Cn2c(=O)c(N)c(N)n(C)c2=O)cc1.COc1ccc(Cn2c(=O)c3c(n(C)c2=O)N=C(Cc2cccc(OC(F)(F)F)c2)C3)cc1.Cc1cccc(CC(=O)O)c1. The van der Waals surface area contributed by atoms with Gasteiger partial charge in [0.25, 0.3) is 11.1 Å². The number of nitrogens with zero attached hydrogens (tertiary/aromatic N) is 5. The number of aliphatic carboxylic acids is 1. The second kappa shape index (κ2) is 21.5. The van der Waals surface area contributed by atoms with Crippen LogP contribution >= 0.6 is 0 Å². The summed E-state index contributed by atoms with van der Waals surface area (Å²) in [5, 5.41) is 8.46. The Labute approximate surface area is 371 Å². The van der Waals surface area contributed by atoms with Crippen LogP contribution in [0, 0.1) is 6.92 Å². The summed E-state index contributed by atoms with van der Waals surface area (Å²) < 4.78 is 56.3. The van der Waals surface area contributed by atoms with Crippen LogP contribution in [-0.2, 0) is 51.2 Å². The molecule has 19 heteroatoms. The van der Waals surface area contributed by atoms with E-state index in [1.807, 2.05) is 31.2 Å². The summed E-state index contributed by atoms with van der Waals surface area (Å²) in [5.41, 5.74) is 14.1. The number of alkyl halides is 3. The summed E-state index contributed by atoms with van der Waals surface area (Å²) in [6.45, 7) is 2.17. The largest absolute Gasteiger partial charge is 0.573 e. The number of aliphatic imine (C=N–C) groups is 1. The summed E-state index contributed by atoms with van der Waals surface area (Å²) in [6, 6.07) is 27.2. The molecule has 0 amide bonds. The number of hydrogen-bond acceptors (Lipinski definition) is 11. The van der Waals surface area contributed by atoms with Crippen molar-refractivity contribution in [1.29, 1.82) is 0 Å². The maximum Gasteiger partial charge on any atom is 0.573 e. The molecule has 2 aromatic heterocycles. The van der Waals surface area contributed by atoms with Crippen LogP contribution in [0.2, 0.25) is 0 Å². The van der Waals surface area contributed by atoms with Crippen LogP contribution in [-0.4, -0.2) is 55.6 Å². The maximum atomic E-state index is 13.1. The first-order valence-electron chi connectivity index (χ1n) is 19.4. The van der Waals surface area contributed by atoms with Gasteiger partial charge in [-0.2, -0.15) is 0 Å². The molecule has 0 fully saturated rings. The lowest BCUT2D eigenvalue weighted by Crippen LogP contribution is -2.41. The van der Waals surface area contributed by atoms with Gasteiger partial charge in [0.15, 0.2) is 0 Å². The van der Waals surface area contributed by atoms with Crippen LogP contribution in [0.1, 0.15) is 40.8 Å². The fraction of sp³-hybridized carbons (Fsp3) is 0.261. The van der Waals surface area contributed by atoms with Gasteiger partial charge in [0.2, 0.25) is 0 Å². The molecule has 0 spiro atoms. The van der Waals surface area contributed by atoms with E-state index in [-0.39, 0.29) is 62.9 Å². The molecule has 1 aliphatic heterocycles. The van der Waals surface area contributed by atoms with Crippen LogP contribution in [0.5, 0.6) is 17.2 Å². The zero-order valence-corrected chi connectivity index (χ0v) is 35.5. The minimum absolute atomic E-state index is 0. The monoisotopic (exact) mass is 901 g/mol. The number of aromatic nitrogens is 4. The van der Waals surface area contributed by atoms with Gasteiger partial charge in [-0.25, -0.2) is 14.6 Å². The average molecular weight is 902 g/mol. The molecule has 16 nitrogen and oxygen atoms in total. The molecule has 65 heavy (non-hydrogen) atoms. The average Bonchev–Trinajstić information content (AvgIpc) is 3.69. The van der Waals surface area contributed by atoms with Gasteiger partial charge in [-0.1, -0.05) is 73.7 Å². The second-order valence-corrected chi connectivity index (χ2v) is 14.5. The fourth-order valence-corrected chi connectivity index (χ4v) is 6.61. The molecular formula is C46H50F3N7O9. The molecule has 3 heterocycles. The highest BCUT2D eigenvalue weighted by atomic mass is 19.4. The third-order valence-corrected chi connectivity index (χ3v) is 9.86. The van der Waals surface area contributed by atoms with E-state index in [4.69, 9.17) is 26.0 Å². The molecule has 0 radical (unpaired) electrons. The van der Waals surface area contributed by atoms with Crippen molar-refractivity contribution in [3.63, 3.8) is 0 Å². The van der Waals surface area contributed by atoms with Gasteiger partial charge in [-0.05, 0) is 65.6 Å². The van der Waals surface area contributed by atoms with Crippen molar-refractivity contribution < 1.29 is 37.3 Å². The number of carboxylic acid groups (broad SMARTS) is 1. The molecule has 0 aliphatic carbocycles. The Kier molecular flexibility index (Phi) is 16.5. The van der Waals surface area contributed by atoms with E-state index in [1.54, 1.807) is 68.8 Å². The van der Waals surface area contributed by atoms with Gasteiger partial charge < -0.3 is 30.8 Å². The minimum Gasteiger partial charge on any atom is -0.497 e. The number of rotatable bonds is 11. The van der Waals surface area contributed by atoms with E-state index in [0.717, 1.165) is 36.0 Å². The number of carbonyl (C=O) groups is 1. The first-order chi connectivity index (χ1) is 30.3. The summed E-state index contributed by atoms with van der Waals surface area (Å²) in [7, 11) is 6.12. The lowest BCUT2D eigenvalue weighted by atomic mass is 10.0. The Balaban J connectivity index is 0.000000244. The van der Waals surface area contributed by atoms with E-state index in [0.29, 0.717) is 28.3 Å². The molecule has 0 saturated heterocycles. The Morgan fingerprint density at radius 2 is 1.25 bits per heavy atom. The van der Waals surface area contributed by atoms with Crippen LogP contribution in [0.25, 0.3) is 0 Å². The zero-order chi connectivity index (χ0) is 46.9. The molecule has 0 unspecified atom stereocenters. The highest BCUT2D eigenvalue weighted by Gasteiger charge is 2.31. The molecule has 5 N–H and O–H groups in total. The van der Waals surface area contributed by atoms with Crippen LogP contribution < -0.4 is 48.2 Å². The first-order valence-corrected chi connectivity index (χ1v) is 19.4. The molecule has 1 aliphatic rings. The number of benzene rings is 4. The van der Waals surface area contributed by atoms with Crippen molar-refractivity contribution in [1.82, 2.24) is 18.3 Å². The van der Waals surface area contributed by atoms with Crippen LogP contribution in [0.4, 0.5) is 30.5 Å². The second-order valence-electron chi connectivity index (χ2n) is 14.5. The Hall–Kier alpha value is -7.83. The lowest BCUT2D eigenvalue weighted by molar-refractivity contribution is -0.274.